The molecule has 1 aliphatic heterocycles. The van der Waals surface area contributed by atoms with Crippen LogP contribution >= 0.6 is 0 Å². The summed E-state index contributed by atoms with van der Waals surface area (Å²) in [7, 11) is 0. The van der Waals surface area contributed by atoms with E-state index in [0.29, 0.717) is 23.7 Å². The van der Waals surface area contributed by atoms with E-state index < -0.39 is 0 Å². The van der Waals surface area contributed by atoms with Crippen molar-refractivity contribution >= 4 is 5.91 Å². The molecule has 2 aliphatic rings. The van der Waals surface area contributed by atoms with Gasteiger partial charge in [0.25, 0.3) is 0 Å². The van der Waals surface area contributed by atoms with Crippen LogP contribution in [-0.4, -0.2) is 28.6 Å². The van der Waals surface area contributed by atoms with Crippen LogP contribution in [-0.2, 0) is 4.79 Å². The van der Waals surface area contributed by atoms with E-state index >= 15 is 0 Å². The molecule has 2 rings (SSSR count). The summed E-state index contributed by atoms with van der Waals surface area (Å²) in [4.78, 5) is 15.0. The van der Waals surface area contributed by atoms with Crippen molar-refractivity contribution < 1.29 is 4.79 Å². The monoisotopic (exact) mass is 266 g/mol. The molecule has 3 atom stereocenters. The maximum atomic E-state index is 12.9. The van der Waals surface area contributed by atoms with Gasteiger partial charge in [0.05, 0.1) is 12.2 Å². The summed E-state index contributed by atoms with van der Waals surface area (Å²) >= 11 is 0. The summed E-state index contributed by atoms with van der Waals surface area (Å²) in [6, 6.07) is 0.00965. The first kappa shape index (κ1) is 14.8. The normalized spacial score (nSPS) is 30.3. The summed E-state index contributed by atoms with van der Waals surface area (Å²) in [6.07, 6.45) is 3.79. The largest absolute Gasteiger partial charge is 0.320 e. The molecule has 0 aromatic carbocycles. The van der Waals surface area contributed by atoms with Gasteiger partial charge in [0, 0.05) is 5.54 Å². The Labute approximate surface area is 118 Å². The zero-order chi connectivity index (χ0) is 14.4. The Kier molecular flexibility index (Phi) is 3.97. The lowest BCUT2D eigenvalue weighted by Gasteiger charge is -2.41. The molecule has 0 bridgehead atoms. The minimum absolute atomic E-state index is 0.00122. The van der Waals surface area contributed by atoms with Gasteiger partial charge in [-0.25, -0.2) is 0 Å². The SMILES string of the molecule is CCC(C)C1NC(C(C)C)N(C(C)(C)C2CC2)C1=O. The molecular formula is C16H30N2O. The van der Waals surface area contributed by atoms with Crippen LogP contribution in [0.5, 0.6) is 0 Å². The highest BCUT2D eigenvalue weighted by molar-refractivity contribution is 5.85. The second-order valence-corrected chi connectivity index (χ2v) is 7.35. The first-order valence-electron chi connectivity index (χ1n) is 7.89. The molecule has 0 aromatic heterocycles. The van der Waals surface area contributed by atoms with Crippen LogP contribution in [0.2, 0.25) is 0 Å². The summed E-state index contributed by atoms with van der Waals surface area (Å²) in [6.45, 7) is 13.3. The Balaban J connectivity index is 2.25. The van der Waals surface area contributed by atoms with Crippen LogP contribution in [0.3, 0.4) is 0 Å². The van der Waals surface area contributed by atoms with Crippen molar-refractivity contribution in [1.82, 2.24) is 10.2 Å². The van der Waals surface area contributed by atoms with Gasteiger partial charge in [0.2, 0.25) is 5.91 Å². The van der Waals surface area contributed by atoms with E-state index in [0.717, 1.165) is 6.42 Å². The fourth-order valence-electron chi connectivity index (χ4n) is 3.38. The Morgan fingerprint density at radius 2 is 1.89 bits per heavy atom. The minimum Gasteiger partial charge on any atom is -0.320 e. The van der Waals surface area contributed by atoms with Gasteiger partial charge in [0.15, 0.2) is 0 Å². The summed E-state index contributed by atoms with van der Waals surface area (Å²) in [5.41, 5.74) is 0.00122. The van der Waals surface area contributed by atoms with Gasteiger partial charge in [-0.05, 0) is 44.4 Å². The van der Waals surface area contributed by atoms with Gasteiger partial charge in [-0.15, -0.1) is 0 Å². The van der Waals surface area contributed by atoms with Crippen LogP contribution in [0, 0.1) is 17.8 Å². The van der Waals surface area contributed by atoms with E-state index in [1.165, 1.54) is 12.8 Å². The van der Waals surface area contributed by atoms with E-state index in [4.69, 9.17) is 0 Å². The van der Waals surface area contributed by atoms with Crippen LogP contribution in [0.25, 0.3) is 0 Å². The molecule has 1 saturated carbocycles. The maximum absolute atomic E-state index is 12.9. The first-order chi connectivity index (χ1) is 8.80. The van der Waals surface area contributed by atoms with Gasteiger partial charge in [0.1, 0.15) is 0 Å². The number of hydrogen-bond donors (Lipinski definition) is 1. The maximum Gasteiger partial charge on any atom is 0.241 e. The lowest BCUT2D eigenvalue weighted by Crippen LogP contribution is -2.54. The fourth-order valence-corrected chi connectivity index (χ4v) is 3.38. The minimum atomic E-state index is 0.00122. The third kappa shape index (κ3) is 2.54. The Hall–Kier alpha value is -0.570. The van der Waals surface area contributed by atoms with E-state index in [2.05, 4.69) is 51.8 Å². The average Bonchev–Trinajstić information content (AvgIpc) is 3.12. The van der Waals surface area contributed by atoms with Crippen molar-refractivity contribution in [2.24, 2.45) is 17.8 Å². The molecule has 3 unspecified atom stereocenters. The van der Waals surface area contributed by atoms with Crippen molar-refractivity contribution in [3.63, 3.8) is 0 Å². The van der Waals surface area contributed by atoms with Crippen LogP contribution in [0.15, 0.2) is 0 Å². The van der Waals surface area contributed by atoms with Gasteiger partial charge >= 0.3 is 0 Å². The zero-order valence-electron chi connectivity index (χ0n) is 13.4. The average molecular weight is 266 g/mol. The molecule has 19 heavy (non-hydrogen) atoms. The van der Waals surface area contributed by atoms with Gasteiger partial charge in [-0.1, -0.05) is 34.1 Å². The third-order valence-corrected chi connectivity index (χ3v) is 5.17. The molecule has 1 aliphatic carbocycles. The van der Waals surface area contributed by atoms with Crippen LogP contribution < -0.4 is 5.32 Å². The van der Waals surface area contributed by atoms with Crippen molar-refractivity contribution in [2.45, 2.75) is 78.6 Å². The number of nitrogens with one attached hydrogen (secondary N) is 1. The summed E-state index contributed by atoms with van der Waals surface area (Å²) in [5.74, 6) is 1.88. The van der Waals surface area contributed by atoms with Crippen molar-refractivity contribution in [2.75, 3.05) is 0 Å². The molecule has 1 amide bonds. The Bertz CT molecular complexity index is 347. The number of nitrogens with zero attached hydrogens (tertiary/aromatic N) is 1. The molecule has 110 valence electrons. The molecule has 2 fully saturated rings. The number of amides is 1. The smallest absolute Gasteiger partial charge is 0.241 e. The van der Waals surface area contributed by atoms with Gasteiger partial charge < -0.3 is 4.90 Å². The van der Waals surface area contributed by atoms with Gasteiger partial charge in [-0.3, -0.25) is 10.1 Å². The number of hydrogen-bond acceptors (Lipinski definition) is 2. The van der Waals surface area contributed by atoms with E-state index in [9.17, 15) is 4.79 Å². The molecule has 0 radical (unpaired) electrons. The highest BCUT2D eigenvalue weighted by Gasteiger charge is 2.52. The molecule has 3 heteroatoms. The Morgan fingerprint density at radius 3 is 2.32 bits per heavy atom. The van der Waals surface area contributed by atoms with Crippen molar-refractivity contribution in [3.05, 3.63) is 0 Å². The molecule has 0 spiro atoms. The number of rotatable bonds is 5. The predicted octanol–water partition coefficient (Wildman–Crippen LogP) is 3.00. The van der Waals surface area contributed by atoms with E-state index in [-0.39, 0.29) is 17.7 Å². The lowest BCUT2D eigenvalue weighted by molar-refractivity contribution is -0.137. The molecule has 1 N–H and O–H groups in total. The van der Waals surface area contributed by atoms with E-state index in [1.54, 1.807) is 0 Å². The van der Waals surface area contributed by atoms with Crippen molar-refractivity contribution in [1.29, 1.82) is 0 Å². The highest BCUT2D eigenvalue weighted by Crippen LogP contribution is 2.45. The second kappa shape index (κ2) is 5.08. The fraction of sp³-hybridized carbons (Fsp3) is 0.938. The molecule has 1 heterocycles. The molecule has 0 aromatic rings. The van der Waals surface area contributed by atoms with Crippen LogP contribution in [0.1, 0.15) is 60.8 Å². The van der Waals surface area contributed by atoms with Crippen LogP contribution in [0.4, 0.5) is 0 Å². The number of carbonyl (C=O) groups is 1. The molecule has 3 nitrogen and oxygen atoms in total. The number of carbonyl (C=O) groups excluding carboxylic acids is 1. The molecule has 1 saturated heterocycles. The molecular weight excluding hydrogens is 236 g/mol. The quantitative estimate of drug-likeness (QED) is 0.829. The van der Waals surface area contributed by atoms with Gasteiger partial charge in [-0.2, -0.15) is 0 Å². The zero-order valence-corrected chi connectivity index (χ0v) is 13.4. The first-order valence-corrected chi connectivity index (χ1v) is 7.89. The lowest BCUT2D eigenvalue weighted by atomic mass is 9.93. The summed E-state index contributed by atoms with van der Waals surface area (Å²) in [5, 5.41) is 3.61. The standard InChI is InChI=1S/C16H30N2O/c1-7-11(4)13-15(19)18(14(17-13)10(2)3)16(5,6)12-8-9-12/h10-14,17H,7-9H2,1-6H3. The topological polar surface area (TPSA) is 32.3 Å². The summed E-state index contributed by atoms with van der Waals surface area (Å²) < 4.78 is 0. The Morgan fingerprint density at radius 1 is 1.32 bits per heavy atom. The van der Waals surface area contributed by atoms with E-state index in [1.807, 2.05) is 0 Å². The third-order valence-electron chi connectivity index (χ3n) is 5.17. The second-order valence-electron chi connectivity index (χ2n) is 7.35. The van der Waals surface area contributed by atoms with Crippen molar-refractivity contribution in [3.8, 4) is 0 Å². The highest BCUT2D eigenvalue weighted by atomic mass is 16.2. The predicted molar refractivity (Wildman–Crippen MR) is 78.7 cm³/mol.